The average molecular weight is 458 g/mol. The molecular weight excluding hydrogens is 426 g/mol. The van der Waals surface area contributed by atoms with Gasteiger partial charge in [-0.2, -0.15) is 0 Å². The lowest BCUT2D eigenvalue weighted by Gasteiger charge is -2.37. The number of methoxy groups -OCH3 is 1. The lowest BCUT2D eigenvalue weighted by Crippen LogP contribution is -2.44. The summed E-state index contributed by atoms with van der Waals surface area (Å²) in [5.41, 5.74) is 1.03. The van der Waals surface area contributed by atoms with Gasteiger partial charge >= 0.3 is 0 Å². The fraction of sp³-hybridized carbons (Fsp3) is 0.480. The zero-order chi connectivity index (χ0) is 22.4. The predicted octanol–water partition coefficient (Wildman–Crippen LogP) is 4.39. The third kappa shape index (κ3) is 5.91. The number of benzene rings is 1. The first-order chi connectivity index (χ1) is 15.5. The third-order valence-corrected chi connectivity index (χ3v) is 6.61. The van der Waals surface area contributed by atoms with Crippen molar-refractivity contribution >= 4 is 23.3 Å². The van der Waals surface area contributed by atoms with E-state index in [9.17, 15) is 4.79 Å². The van der Waals surface area contributed by atoms with Crippen molar-refractivity contribution in [3.8, 4) is 11.5 Å². The fourth-order valence-electron chi connectivity index (χ4n) is 3.85. The molecule has 3 heterocycles. The largest absolute Gasteiger partial charge is 0.493 e. The zero-order valence-electron chi connectivity index (χ0n) is 18.7. The first-order valence-corrected chi connectivity index (χ1v) is 11.9. The molecule has 2 aliphatic rings. The fourth-order valence-corrected chi connectivity index (χ4v) is 4.47. The van der Waals surface area contributed by atoms with E-state index in [0.29, 0.717) is 44.4 Å². The minimum absolute atomic E-state index is 0.0219. The molecule has 4 rings (SSSR count). The first kappa shape index (κ1) is 22.8. The van der Waals surface area contributed by atoms with Crippen LogP contribution >= 0.6 is 11.3 Å². The zero-order valence-corrected chi connectivity index (χ0v) is 19.6. The molecule has 0 radical (unpaired) electrons. The molecule has 2 aliphatic heterocycles. The number of hydrogen-bond donors (Lipinski definition) is 0. The molecule has 0 bridgehead atoms. The molecule has 2 aromatic rings. The topological polar surface area (TPSA) is 57.2 Å². The Hall–Kier alpha value is -2.35. The average Bonchev–Trinajstić information content (AvgIpc) is 3.48. The second-order valence-corrected chi connectivity index (χ2v) is 9.76. The van der Waals surface area contributed by atoms with Crippen molar-refractivity contribution in [3.63, 3.8) is 0 Å². The van der Waals surface area contributed by atoms with E-state index in [0.717, 1.165) is 29.9 Å². The molecular formula is C25H31NO5S. The lowest BCUT2D eigenvalue weighted by molar-refractivity contribution is -0.128. The summed E-state index contributed by atoms with van der Waals surface area (Å²) >= 11 is 1.61. The maximum absolute atomic E-state index is 13.1. The highest BCUT2D eigenvalue weighted by atomic mass is 32.1. The summed E-state index contributed by atoms with van der Waals surface area (Å²) < 4.78 is 22.7. The molecule has 6 nitrogen and oxygen atoms in total. The molecule has 0 saturated carbocycles. The molecule has 172 valence electrons. The van der Waals surface area contributed by atoms with Gasteiger partial charge in [-0.25, -0.2) is 0 Å². The Balaban J connectivity index is 1.48. The first-order valence-electron chi connectivity index (χ1n) is 11.0. The van der Waals surface area contributed by atoms with Crippen molar-refractivity contribution in [2.75, 3.05) is 40.1 Å². The monoisotopic (exact) mass is 457 g/mol. The van der Waals surface area contributed by atoms with Gasteiger partial charge in [0.15, 0.2) is 11.5 Å². The van der Waals surface area contributed by atoms with Gasteiger partial charge < -0.3 is 23.8 Å². The summed E-state index contributed by atoms with van der Waals surface area (Å²) in [7, 11) is 1.64. The van der Waals surface area contributed by atoms with Crippen LogP contribution in [0.1, 0.15) is 30.2 Å². The van der Waals surface area contributed by atoms with Gasteiger partial charge in [0.25, 0.3) is 0 Å². The van der Waals surface area contributed by atoms with Crippen LogP contribution in [0.2, 0.25) is 0 Å². The minimum Gasteiger partial charge on any atom is -0.493 e. The van der Waals surface area contributed by atoms with Crippen LogP contribution in [0.3, 0.4) is 0 Å². The summed E-state index contributed by atoms with van der Waals surface area (Å²) in [6, 6.07) is 9.84. The van der Waals surface area contributed by atoms with E-state index in [1.165, 1.54) is 0 Å². The van der Waals surface area contributed by atoms with Crippen LogP contribution in [0.25, 0.3) is 6.08 Å². The number of carbonyl (C=O) groups is 1. The van der Waals surface area contributed by atoms with Gasteiger partial charge in [-0.15, -0.1) is 11.3 Å². The van der Waals surface area contributed by atoms with Gasteiger partial charge in [-0.3, -0.25) is 4.79 Å². The molecule has 0 spiro atoms. The van der Waals surface area contributed by atoms with Gasteiger partial charge in [0.1, 0.15) is 0 Å². The number of rotatable bonds is 10. The number of hydrogen-bond acceptors (Lipinski definition) is 6. The molecule has 0 N–H and O–H groups in total. The van der Waals surface area contributed by atoms with Crippen LogP contribution in [0, 0.1) is 5.41 Å². The predicted molar refractivity (Wildman–Crippen MR) is 125 cm³/mol. The Morgan fingerprint density at radius 2 is 2.19 bits per heavy atom. The molecule has 1 amide bonds. The van der Waals surface area contributed by atoms with Crippen molar-refractivity contribution in [1.82, 2.24) is 4.90 Å². The Bertz CT molecular complexity index is 916. The van der Waals surface area contributed by atoms with Gasteiger partial charge in [0.2, 0.25) is 5.91 Å². The summed E-state index contributed by atoms with van der Waals surface area (Å²) in [6.07, 6.45) is 5.64. The number of amides is 1. The lowest BCUT2D eigenvalue weighted by atomic mass is 9.90. The molecule has 32 heavy (non-hydrogen) atoms. The summed E-state index contributed by atoms with van der Waals surface area (Å²) in [5, 5.41) is 2.00. The Labute approximate surface area is 193 Å². The second-order valence-electron chi connectivity index (χ2n) is 8.78. The van der Waals surface area contributed by atoms with Crippen LogP contribution in [0.15, 0.2) is 41.8 Å². The minimum atomic E-state index is -0.0219. The molecule has 2 saturated heterocycles. The SMILES string of the molecule is COc1ccc(CN(CC2CCCO2)C(=O)C=Cc2cccs2)cc1OCC1(C)COC1. The number of nitrogens with zero attached hydrogens (tertiary/aromatic N) is 1. The van der Waals surface area contributed by atoms with Crippen molar-refractivity contribution in [1.29, 1.82) is 0 Å². The van der Waals surface area contributed by atoms with Crippen LogP contribution in [-0.2, 0) is 20.8 Å². The van der Waals surface area contributed by atoms with E-state index in [1.807, 2.05) is 46.7 Å². The highest BCUT2D eigenvalue weighted by molar-refractivity contribution is 7.10. The quantitative estimate of drug-likeness (QED) is 0.495. The van der Waals surface area contributed by atoms with Gasteiger partial charge in [-0.1, -0.05) is 19.1 Å². The Kier molecular flexibility index (Phi) is 7.50. The van der Waals surface area contributed by atoms with E-state index in [1.54, 1.807) is 24.5 Å². The number of ether oxygens (including phenoxy) is 4. The Morgan fingerprint density at radius 3 is 2.84 bits per heavy atom. The summed E-state index contributed by atoms with van der Waals surface area (Å²) in [5.74, 6) is 1.36. The molecule has 7 heteroatoms. The van der Waals surface area contributed by atoms with Crippen LogP contribution < -0.4 is 9.47 Å². The normalized spacial score (nSPS) is 19.6. The van der Waals surface area contributed by atoms with Crippen LogP contribution in [0.4, 0.5) is 0 Å². The van der Waals surface area contributed by atoms with E-state index in [2.05, 4.69) is 6.92 Å². The van der Waals surface area contributed by atoms with Crippen LogP contribution in [0.5, 0.6) is 11.5 Å². The van der Waals surface area contributed by atoms with E-state index >= 15 is 0 Å². The van der Waals surface area contributed by atoms with Crippen molar-refractivity contribution in [2.45, 2.75) is 32.4 Å². The smallest absolute Gasteiger partial charge is 0.246 e. The maximum atomic E-state index is 13.1. The van der Waals surface area contributed by atoms with Crippen molar-refractivity contribution < 1.29 is 23.7 Å². The molecule has 0 aliphatic carbocycles. The van der Waals surface area contributed by atoms with Crippen LogP contribution in [-0.4, -0.2) is 57.0 Å². The second kappa shape index (κ2) is 10.5. The number of thiophene rings is 1. The third-order valence-electron chi connectivity index (χ3n) is 5.77. The molecule has 1 unspecified atom stereocenters. The number of carbonyl (C=O) groups excluding carboxylic acids is 1. The van der Waals surface area contributed by atoms with Gasteiger partial charge in [0, 0.05) is 36.1 Å². The highest BCUT2D eigenvalue weighted by Crippen LogP contribution is 2.33. The molecule has 1 aromatic carbocycles. The molecule has 1 atom stereocenters. The highest BCUT2D eigenvalue weighted by Gasteiger charge is 2.34. The van der Waals surface area contributed by atoms with Crippen molar-refractivity contribution in [3.05, 3.63) is 52.2 Å². The van der Waals surface area contributed by atoms with Gasteiger partial charge in [-0.05, 0) is 48.1 Å². The van der Waals surface area contributed by atoms with E-state index in [4.69, 9.17) is 18.9 Å². The van der Waals surface area contributed by atoms with Crippen molar-refractivity contribution in [2.24, 2.45) is 5.41 Å². The summed E-state index contributed by atoms with van der Waals surface area (Å²) in [6.45, 7) is 5.94. The Morgan fingerprint density at radius 1 is 1.31 bits per heavy atom. The van der Waals surface area contributed by atoms with Gasteiger partial charge in [0.05, 0.1) is 33.0 Å². The summed E-state index contributed by atoms with van der Waals surface area (Å²) in [4.78, 5) is 16.0. The molecule has 1 aromatic heterocycles. The standard InChI is InChI=1S/C25H31NO5S/c1-25(16-29-17-25)18-31-23-13-19(7-9-22(23)28-2)14-26(15-20-5-3-11-30-20)24(27)10-8-21-6-4-12-32-21/h4,6-10,12-13,20H,3,5,11,14-18H2,1-2H3. The van der Waals surface area contributed by atoms with E-state index in [-0.39, 0.29) is 17.4 Å². The maximum Gasteiger partial charge on any atom is 0.246 e. The molecule has 2 fully saturated rings. The van der Waals surface area contributed by atoms with E-state index < -0.39 is 0 Å².